The number of carbonyl (C=O) groups excluding carboxylic acids is 2. The van der Waals surface area contributed by atoms with Crippen LogP contribution < -0.4 is 4.74 Å². The Balaban J connectivity index is 1.94. The van der Waals surface area contributed by atoms with Gasteiger partial charge in [0.2, 0.25) is 0 Å². The van der Waals surface area contributed by atoms with Crippen LogP contribution in [0.1, 0.15) is 32.8 Å². The summed E-state index contributed by atoms with van der Waals surface area (Å²) in [4.78, 5) is 27.5. The number of para-hydroxylation sites is 1. The van der Waals surface area contributed by atoms with E-state index in [9.17, 15) is 19.2 Å². The van der Waals surface area contributed by atoms with Crippen LogP contribution in [-0.2, 0) is 9.59 Å². The molecular formula is C28H25FN4O3. The zero-order valence-electron chi connectivity index (χ0n) is 20.4. The fraction of sp³-hybridized carbons (Fsp3) is 0.214. The van der Waals surface area contributed by atoms with Crippen molar-refractivity contribution in [3.8, 4) is 28.8 Å². The van der Waals surface area contributed by atoms with Crippen molar-refractivity contribution in [3.63, 3.8) is 0 Å². The molecule has 0 N–H and O–H groups in total. The molecule has 0 bridgehead atoms. The van der Waals surface area contributed by atoms with Gasteiger partial charge in [-0.1, -0.05) is 25.1 Å². The zero-order chi connectivity index (χ0) is 26.0. The number of ether oxygens (including phenoxy) is 1. The Morgan fingerprint density at radius 1 is 1.17 bits per heavy atom. The lowest BCUT2D eigenvalue weighted by Gasteiger charge is -2.31. The number of nitrogens with zero attached hydrogens (tertiary/aromatic N) is 4. The van der Waals surface area contributed by atoms with E-state index in [0.29, 0.717) is 28.8 Å². The minimum Gasteiger partial charge on any atom is -0.494 e. The highest BCUT2D eigenvalue weighted by Crippen LogP contribution is 2.33. The average molecular weight is 485 g/mol. The van der Waals surface area contributed by atoms with Gasteiger partial charge in [-0.3, -0.25) is 14.5 Å². The predicted molar refractivity (Wildman–Crippen MR) is 133 cm³/mol. The van der Waals surface area contributed by atoms with Crippen molar-refractivity contribution in [1.82, 2.24) is 14.7 Å². The normalized spacial score (nSPS) is 15.9. The van der Waals surface area contributed by atoms with Gasteiger partial charge >= 0.3 is 0 Å². The highest BCUT2D eigenvalue weighted by Gasteiger charge is 2.37. The molecule has 1 aliphatic rings. The largest absolute Gasteiger partial charge is 0.494 e. The molecule has 2 heterocycles. The van der Waals surface area contributed by atoms with Gasteiger partial charge in [0.15, 0.2) is 11.6 Å². The van der Waals surface area contributed by atoms with Crippen LogP contribution in [0.2, 0.25) is 0 Å². The molecule has 0 saturated heterocycles. The lowest BCUT2D eigenvalue weighted by Crippen LogP contribution is -2.47. The molecule has 3 aromatic rings. The number of aromatic nitrogens is 2. The van der Waals surface area contributed by atoms with Gasteiger partial charge in [0, 0.05) is 28.9 Å². The minimum atomic E-state index is -0.594. The Kier molecular flexibility index (Phi) is 6.84. The SMILES string of the molecule is CCC(C)N1C(=O)C(C#N)=C(C)/C(=C\c2cn(-c3ccccc3)nc2-c2ccc(OC)c(F)c2)C1=O. The van der Waals surface area contributed by atoms with E-state index < -0.39 is 17.6 Å². The molecule has 0 radical (unpaired) electrons. The molecule has 0 fully saturated rings. The van der Waals surface area contributed by atoms with Crippen molar-refractivity contribution < 1.29 is 18.7 Å². The summed E-state index contributed by atoms with van der Waals surface area (Å²) in [6, 6.07) is 15.5. The van der Waals surface area contributed by atoms with Gasteiger partial charge in [0.05, 0.1) is 12.8 Å². The molecule has 0 aliphatic carbocycles. The van der Waals surface area contributed by atoms with Crippen molar-refractivity contribution in [3.05, 3.63) is 82.8 Å². The van der Waals surface area contributed by atoms with E-state index in [-0.39, 0.29) is 22.9 Å². The lowest BCUT2D eigenvalue weighted by atomic mass is 9.92. The van der Waals surface area contributed by atoms with Crippen molar-refractivity contribution in [2.45, 2.75) is 33.2 Å². The second-order valence-corrected chi connectivity index (χ2v) is 8.47. The van der Waals surface area contributed by atoms with Crippen LogP contribution in [0.5, 0.6) is 5.75 Å². The molecule has 182 valence electrons. The second-order valence-electron chi connectivity index (χ2n) is 8.47. The monoisotopic (exact) mass is 484 g/mol. The third-order valence-electron chi connectivity index (χ3n) is 6.29. The minimum absolute atomic E-state index is 0.0753. The van der Waals surface area contributed by atoms with E-state index >= 15 is 0 Å². The van der Waals surface area contributed by atoms with Gasteiger partial charge in [-0.15, -0.1) is 0 Å². The summed E-state index contributed by atoms with van der Waals surface area (Å²) in [6.45, 7) is 5.22. The molecule has 1 unspecified atom stereocenters. The average Bonchev–Trinajstić information content (AvgIpc) is 3.31. The molecule has 36 heavy (non-hydrogen) atoms. The standard InChI is InChI=1S/C28H25FN4O3/c1-5-17(2)33-27(34)22(18(3)23(15-30)28(33)35)13-20-16-32(21-9-7-6-8-10-21)31-26(20)19-11-12-25(36-4)24(29)14-19/h6-14,16-17H,5H2,1-4H3/b22-13+. The Labute approximate surface area is 208 Å². The van der Waals surface area contributed by atoms with Crippen molar-refractivity contribution in [2.75, 3.05) is 7.11 Å². The highest BCUT2D eigenvalue weighted by atomic mass is 19.1. The van der Waals surface area contributed by atoms with Crippen LogP contribution in [0.25, 0.3) is 23.0 Å². The van der Waals surface area contributed by atoms with E-state index in [4.69, 9.17) is 4.74 Å². The second kappa shape index (κ2) is 10.0. The first-order chi connectivity index (χ1) is 17.3. The van der Waals surface area contributed by atoms with Crippen LogP contribution in [0.3, 0.4) is 0 Å². The third kappa shape index (κ3) is 4.31. The summed E-state index contributed by atoms with van der Waals surface area (Å²) >= 11 is 0. The first-order valence-corrected chi connectivity index (χ1v) is 11.5. The Hall–Kier alpha value is -4.51. The summed E-state index contributed by atoms with van der Waals surface area (Å²) in [7, 11) is 1.39. The Morgan fingerprint density at radius 2 is 1.89 bits per heavy atom. The van der Waals surface area contributed by atoms with E-state index in [1.165, 1.54) is 19.2 Å². The zero-order valence-corrected chi connectivity index (χ0v) is 20.4. The Bertz CT molecular complexity index is 1450. The molecule has 2 amide bonds. The number of hydrogen-bond donors (Lipinski definition) is 0. The molecule has 8 heteroatoms. The van der Waals surface area contributed by atoms with Gasteiger partial charge < -0.3 is 4.74 Å². The molecule has 0 spiro atoms. The van der Waals surface area contributed by atoms with Gasteiger partial charge in [-0.2, -0.15) is 10.4 Å². The summed E-state index contributed by atoms with van der Waals surface area (Å²) in [6.07, 6.45) is 3.89. The highest BCUT2D eigenvalue weighted by molar-refractivity contribution is 6.20. The number of halogens is 1. The molecule has 2 aromatic carbocycles. The summed E-state index contributed by atoms with van der Waals surface area (Å²) < 4.78 is 21.3. The number of rotatable bonds is 6. The maximum atomic E-state index is 14.6. The first-order valence-electron chi connectivity index (χ1n) is 11.5. The first kappa shape index (κ1) is 24.6. The lowest BCUT2D eigenvalue weighted by molar-refractivity contribution is -0.142. The van der Waals surface area contributed by atoms with Crippen LogP contribution in [-0.4, -0.2) is 39.6 Å². The van der Waals surface area contributed by atoms with E-state index in [2.05, 4.69) is 5.10 Å². The summed E-state index contributed by atoms with van der Waals surface area (Å²) in [5.74, 6) is -1.52. The van der Waals surface area contributed by atoms with E-state index in [0.717, 1.165) is 10.6 Å². The number of imide groups is 1. The topological polar surface area (TPSA) is 88.2 Å². The fourth-order valence-corrected chi connectivity index (χ4v) is 4.08. The smallest absolute Gasteiger partial charge is 0.271 e. The summed E-state index contributed by atoms with van der Waals surface area (Å²) in [5.41, 5.74) is 2.65. The van der Waals surface area contributed by atoms with E-state index in [1.807, 2.05) is 43.3 Å². The molecule has 0 saturated carbocycles. The number of amides is 2. The number of nitriles is 1. The van der Waals surface area contributed by atoms with Gasteiger partial charge in [-0.25, -0.2) is 9.07 Å². The number of methoxy groups -OCH3 is 1. The molecule has 1 aromatic heterocycles. The molecule has 1 atom stereocenters. The fourth-order valence-electron chi connectivity index (χ4n) is 4.08. The van der Waals surface area contributed by atoms with Crippen molar-refractivity contribution in [2.24, 2.45) is 0 Å². The van der Waals surface area contributed by atoms with Gasteiger partial charge in [-0.05, 0) is 62.2 Å². The number of benzene rings is 2. The van der Waals surface area contributed by atoms with Crippen molar-refractivity contribution >= 4 is 17.9 Å². The third-order valence-corrected chi connectivity index (χ3v) is 6.29. The van der Waals surface area contributed by atoms with Crippen LogP contribution in [0, 0.1) is 17.1 Å². The van der Waals surface area contributed by atoms with Crippen LogP contribution >= 0.6 is 0 Å². The summed E-state index contributed by atoms with van der Waals surface area (Å²) in [5, 5.41) is 14.4. The number of carbonyl (C=O) groups is 2. The maximum Gasteiger partial charge on any atom is 0.271 e. The molecular weight excluding hydrogens is 459 g/mol. The van der Waals surface area contributed by atoms with E-state index in [1.54, 1.807) is 36.9 Å². The predicted octanol–water partition coefficient (Wildman–Crippen LogP) is 5.08. The molecule has 7 nitrogen and oxygen atoms in total. The Morgan fingerprint density at radius 3 is 2.50 bits per heavy atom. The van der Waals surface area contributed by atoms with Crippen LogP contribution in [0.15, 0.2) is 71.4 Å². The van der Waals surface area contributed by atoms with Crippen LogP contribution in [0.4, 0.5) is 4.39 Å². The van der Waals surface area contributed by atoms with Gasteiger partial charge in [0.25, 0.3) is 11.8 Å². The van der Waals surface area contributed by atoms with Gasteiger partial charge in [0.1, 0.15) is 17.3 Å². The molecule has 4 rings (SSSR count). The number of hydrogen-bond acceptors (Lipinski definition) is 5. The molecule has 1 aliphatic heterocycles. The van der Waals surface area contributed by atoms with Crippen molar-refractivity contribution in [1.29, 1.82) is 5.26 Å². The maximum absolute atomic E-state index is 14.6. The quantitative estimate of drug-likeness (QED) is 0.360.